The van der Waals surface area contributed by atoms with Crippen molar-refractivity contribution >= 4 is 5.91 Å². The molecule has 2 heterocycles. The van der Waals surface area contributed by atoms with E-state index >= 15 is 0 Å². The van der Waals surface area contributed by atoms with E-state index in [1.54, 1.807) is 35.4 Å². The summed E-state index contributed by atoms with van der Waals surface area (Å²) in [5.74, 6) is -0.183. The van der Waals surface area contributed by atoms with Crippen LogP contribution in [0.2, 0.25) is 0 Å². The lowest BCUT2D eigenvalue weighted by Gasteiger charge is -2.44. The van der Waals surface area contributed by atoms with Gasteiger partial charge in [-0.05, 0) is 37.1 Å². The van der Waals surface area contributed by atoms with Crippen LogP contribution in [0.4, 0.5) is 4.39 Å². The van der Waals surface area contributed by atoms with Crippen molar-refractivity contribution < 1.29 is 19.0 Å². The molecular weight excluding hydrogens is 359 g/mol. The molecule has 0 bridgehead atoms. The smallest absolute Gasteiger partial charge is 0.255 e. The molecule has 1 aliphatic heterocycles. The number of hydrogen-bond acceptors (Lipinski definition) is 4. The first-order valence-electron chi connectivity index (χ1n) is 9.86. The van der Waals surface area contributed by atoms with E-state index in [2.05, 4.69) is 11.9 Å². The van der Waals surface area contributed by atoms with Gasteiger partial charge in [-0.3, -0.25) is 9.78 Å². The molecule has 28 heavy (non-hydrogen) atoms. The number of benzene rings is 1. The number of rotatable bonds is 7. The predicted octanol–water partition coefficient (Wildman–Crippen LogP) is 3.83. The second-order valence-electron chi connectivity index (χ2n) is 7.37. The van der Waals surface area contributed by atoms with E-state index in [9.17, 15) is 14.3 Å². The molecule has 5 nitrogen and oxygen atoms in total. The van der Waals surface area contributed by atoms with E-state index in [1.165, 1.54) is 18.3 Å². The van der Waals surface area contributed by atoms with Crippen LogP contribution in [0.25, 0.3) is 0 Å². The summed E-state index contributed by atoms with van der Waals surface area (Å²) < 4.78 is 19.6. The molecule has 1 aliphatic rings. The van der Waals surface area contributed by atoms with Gasteiger partial charge in [0.15, 0.2) is 0 Å². The fourth-order valence-electron chi connectivity index (χ4n) is 3.63. The SMILES string of the molecule is CCCCC[C@]1(O)CCN(C(=O)c2cccnc2)C[C@@H]1Oc1cccc(F)c1. The zero-order chi connectivity index (χ0) is 20.0. The van der Waals surface area contributed by atoms with E-state index in [0.717, 1.165) is 19.3 Å². The summed E-state index contributed by atoms with van der Waals surface area (Å²) in [7, 11) is 0. The number of hydrogen-bond donors (Lipinski definition) is 1. The van der Waals surface area contributed by atoms with E-state index < -0.39 is 17.5 Å². The number of aromatic nitrogens is 1. The number of likely N-dealkylation sites (tertiary alicyclic amines) is 1. The molecule has 0 spiro atoms. The van der Waals surface area contributed by atoms with Gasteiger partial charge >= 0.3 is 0 Å². The van der Waals surface area contributed by atoms with Crippen molar-refractivity contribution in [1.29, 1.82) is 0 Å². The Morgan fingerprint density at radius 3 is 2.93 bits per heavy atom. The van der Waals surface area contributed by atoms with Gasteiger partial charge in [-0.1, -0.05) is 32.3 Å². The number of pyridine rings is 1. The van der Waals surface area contributed by atoms with Gasteiger partial charge in [0.05, 0.1) is 12.1 Å². The number of nitrogens with zero attached hydrogens (tertiary/aromatic N) is 2. The summed E-state index contributed by atoms with van der Waals surface area (Å²) in [6.07, 6.45) is 6.50. The van der Waals surface area contributed by atoms with Gasteiger partial charge in [-0.25, -0.2) is 4.39 Å². The highest BCUT2D eigenvalue weighted by molar-refractivity contribution is 5.94. The minimum atomic E-state index is -1.05. The molecule has 0 radical (unpaired) electrons. The number of aliphatic hydroxyl groups is 1. The molecule has 1 saturated heterocycles. The van der Waals surface area contributed by atoms with Crippen molar-refractivity contribution in [3.05, 3.63) is 60.2 Å². The van der Waals surface area contributed by atoms with Gasteiger partial charge < -0.3 is 14.7 Å². The number of carbonyl (C=O) groups excluding carboxylic acids is 1. The van der Waals surface area contributed by atoms with Gasteiger partial charge in [-0.15, -0.1) is 0 Å². The van der Waals surface area contributed by atoms with Gasteiger partial charge in [0.1, 0.15) is 23.3 Å². The molecular formula is C22H27FN2O3. The second-order valence-corrected chi connectivity index (χ2v) is 7.37. The van der Waals surface area contributed by atoms with Crippen LogP contribution in [0, 0.1) is 5.82 Å². The number of piperidine rings is 1. The first-order chi connectivity index (χ1) is 13.5. The van der Waals surface area contributed by atoms with Gasteiger partial charge in [-0.2, -0.15) is 0 Å². The maximum Gasteiger partial charge on any atom is 0.255 e. The number of amides is 1. The molecule has 1 N–H and O–H groups in total. The second kappa shape index (κ2) is 9.15. The van der Waals surface area contributed by atoms with E-state index in [-0.39, 0.29) is 12.5 Å². The molecule has 3 rings (SSSR count). The highest BCUT2D eigenvalue weighted by Gasteiger charge is 2.44. The number of carbonyl (C=O) groups is 1. The Balaban J connectivity index is 1.78. The highest BCUT2D eigenvalue weighted by atomic mass is 19.1. The molecule has 1 amide bonds. The van der Waals surface area contributed by atoms with Crippen molar-refractivity contribution in [3.63, 3.8) is 0 Å². The minimum Gasteiger partial charge on any atom is -0.485 e. The topological polar surface area (TPSA) is 62.7 Å². The molecule has 2 aromatic rings. The molecule has 1 fully saturated rings. The quantitative estimate of drug-likeness (QED) is 0.735. The maximum atomic E-state index is 13.6. The number of halogens is 1. The summed E-state index contributed by atoms with van der Waals surface area (Å²) in [6.45, 7) is 2.80. The van der Waals surface area contributed by atoms with Crippen LogP contribution in [-0.4, -0.2) is 45.7 Å². The van der Waals surface area contributed by atoms with Crippen molar-refractivity contribution in [2.24, 2.45) is 0 Å². The lowest BCUT2D eigenvalue weighted by molar-refractivity contribution is -0.106. The summed E-state index contributed by atoms with van der Waals surface area (Å²) in [4.78, 5) is 18.5. The Hall–Kier alpha value is -2.47. The van der Waals surface area contributed by atoms with Crippen LogP contribution in [-0.2, 0) is 0 Å². The Bertz CT molecular complexity index is 786. The van der Waals surface area contributed by atoms with Crippen LogP contribution in [0.5, 0.6) is 5.75 Å². The zero-order valence-electron chi connectivity index (χ0n) is 16.2. The first-order valence-corrected chi connectivity index (χ1v) is 9.86. The molecule has 6 heteroatoms. The Morgan fingerprint density at radius 1 is 1.36 bits per heavy atom. The molecule has 1 aromatic heterocycles. The maximum absolute atomic E-state index is 13.6. The minimum absolute atomic E-state index is 0.142. The Labute approximate surface area is 165 Å². The third-order valence-electron chi connectivity index (χ3n) is 5.28. The molecule has 0 unspecified atom stereocenters. The third-order valence-corrected chi connectivity index (χ3v) is 5.28. The molecule has 150 valence electrons. The van der Waals surface area contributed by atoms with Crippen molar-refractivity contribution in [1.82, 2.24) is 9.88 Å². The zero-order valence-corrected chi connectivity index (χ0v) is 16.2. The normalized spacial score (nSPS) is 22.1. The number of ether oxygens (including phenoxy) is 1. The molecule has 0 saturated carbocycles. The van der Waals surface area contributed by atoms with E-state index in [1.807, 2.05) is 0 Å². The van der Waals surface area contributed by atoms with Crippen LogP contribution in [0.1, 0.15) is 49.4 Å². The molecule has 2 atom stereocenters. The highest BCUT2D eigenvalue weighted by Crippen LogP contribution is 2.32. The third kappa shape index (κ3) is 4.87. The van der Waals surface area contributed by atoms with Crippen LogP contribution >= 0.6 is 0 Å². The Kier molecular flexibility index (Phi) is 6.62. The van der Waals surface area contributed by atoms with Crippen molar-refractivity contribution in [2.45, 2.75) is 50.7 Å². The summed E-state index contributed by atoms with van der Waals surface area (Å²) in [5.41, 5.74) is -0.545. The van der Waals surface area contributed by atoms with Crippen LogP contribution < -0.4 is 4.74 Å². The molecule has 0 aliphatic carbocycles. The van der Waals surface area contributed by atoms with Gasteiger partial charge in [0.25, 0.3) is 5.91 Å². The lowest BCUT2D eigenvalue weighted by atomic mass is 9.83. The Morgan fingerprint density at radius 2 is 2.21 bits per heavy atom. The summed E-state index contributed by atoms with van der Waals surface area (Å²) in [5, 5.41) is 11.3. The predicted molar refractivity (Wildman–Crippen MR) is 105 cm³/mol. The molecule has 1 aromatic carbocycles. The summed E-state index contributed by atoms with van der Waals surface area (Å²) in [6, 6.07) is 9.33. The average molecular weight is 386 g/mol. The number of unbranched alkanes of at least 4 members (excludes halogenated alkanes) is 2. The van der Waals surface area contributed by atoms with Crippen molar-refractivity contribution in [2.75, 3.05) is 13.1 Å². The van der Waals surface area contributed by atoms with Crippen LogP contribution in [0.3, 0.4) is 0 Å². The largest absolute Gasteiger partial charge is 0.485 e. The van der Waals surface area contributed by atoms with Gasteiger partial charge in [0.2, 0.25) is 0 Å². The summed E-state index contributed by atoms with van der Waals surface area (Å²) >= 11 is 0. The fraction of sp³-hybridized carbons (Fsp3) is 0.455. The first kappa shape index (κ1) is 20.3. The lowest BCUT2D eigenvalue weighted by Crippen LogP contribution is -2.59. The standard InChI is InChI=1S/C22H27FN2O3/c1-2-3-4-10-22(27)11-13-25(21(26)17-7-6-12-24-15-17)16-20(22)28-19-9-5-8-18(23)14-19/h5-9,12,14-15,20,27H,2-4,10-11,13,16H2,1H3/t20-,22-/m0/s1. The average Bonchev–Trinajstić information content (AvgIpc) is 2.70. The van der Waals surface area contributed by atoms with E-state index in [0.29, 0.717) is 30.7 Å². The van der Waals surface area contributed by atoms with Crippen LogP contribution in [0.15, 0.2) is 48.8 Å². The monoisotopic (exact) mass is 386 g/mol. The fourth-order valence-corrected chi connectivity index (χ4v) is 3.63. The van der Waals surface area contributed by atoms with Gasteiger partial charge in [0, 0.05) is 25.0 Å². The van der Waals surface area contributed by atoms with E-state index in [4.69, 9.17) is 4.74 Å². The van der Waals surface area contributed by atoms with Crippen molar-refractivity contribution in [3.8, 4) is 5.75 Å².